The number of nitrogens with zero attached hydrogens (tertiary/aromatic N) is 2. The smallest absolute Gasteiger partial charge is 0.279 e. The van der Waals surface area contributed by atoms with Gasteiger partial charge in [0.2, 0.25) is 0 Å². The Morgan fingerprint density at radius 2 is 1.77 bits per heavy atom. The van der Waals surface area contributed by atoms with E-state index >= 15 is 0 Å². The van der Waals surface area contributed by atoms with E-state index < -0.39 is 11.8 Å². The lowest BCUT2D eigenvalue weighted by molar-refractivity contribution is -0.138. The van der Waals surface area contributed by atoms with Crippen LogP contribution in [0.3, 0.4) is 0 Å². The maximum atomic E-state index is 13.4. The number of hydrogen-bond donors (Lipinski definition) is 3. The van der Waals surface area contributed by atoms with Gasteiger partial charge in [0.25, 0.3) is 11.8 Å². The second-order valence-corrected chi connectivity index (χ2v) is 10.2. The Labute approximate surface area is 212 Å². The van der Waals surface area contributed by atoms with Gasteiger partial charge in [-0.05, 0) is 36.6 Å². The Bertz CT molecular complexity index is 1230. The summed E-state index contributed by atoms with van der Waals surface area (Å²) in [6.45, 7) is 7.98. The van der Waals surface area contributed by atoms with Crippen molar-refractivity contribution in [2.45, 2.75) is 38.1 Å². The van der Waals surface area contributed by atoms with Crippen LogP contribution in [0.25, 0.3) is 0 Å². The lowest BCUT2D eigenvalue weighted by Crippen LogP contribution is -2.33. The third-order valence-corrected chi connectivity index (χ3v) is 7.90. The lowest BCUT2D eigenvalue weighted by atomic mass is 10.2. The van der Waals surface area contributed by atoms with Gasteiger partial charge in [-0.25, -0.2) is 4.31 Å². The molecule has 0 spiro atoms. The van der Waals surface area contributed by atoms with Crippen molar-refractivity contribution in [2.24, 2.45) is 0 Å². The monoisotopic (exact) mass is 512 g/mol. The number of imide groups is 1. The molecule has 0 unspecified atom stereocenters. The molecule has 0 fully saturated rings. The van der Waals surface area contributed by atoms with Gasteiger partial charge in [-0.1, -0.05) is 44.2 Å². The fraction of sp³-hybridized carbons (Fsp3) is 0.280. The molecule has 0 aliphatic carbocycles. The molecule has 35 heavy (non-hydrogen) atoms. The van der Waals surface area contributed by atoms with Crippen LogP contribution in [0.15, 0.2) is 67.9 Å². The molecule has 0 radical (unpaired) electrons. The minimum Gasteiger partial charge on any atom is -0.504 e. The molecule has 0 saturated heterocycles. The SMILES string of the molecule is CCN(CC)Sc1scc(NC2=C(NCc3ccc(C)o3)C(=O)N(Cc3ccccc3)C2=O)c1O. The minimum absolute atomic E-state index is 0.0576. The number of benzene rings is 1. The van der Waals surface area contributed by atoms with Gasteiger partial charge in [0.15, 0.2) is 5.75 Å². The van der Waals surface area contributed by atoms with E-state index in [1.54, 1.807) is 5.38 Å². The Hall–Kier alpha value is -3.21. The van der Waals surface area contributed by atoms with E-state index in [0.717, 1.165) is 28.6 Å². The number of amides is 2. The summed E-state index contributed by atoms with van der Waals surface area (Å²) in [5.74, 6) is 0.572. The van der Waals surface area contributed by atoms with Gasteiger partial charge in [-0.2, -0.15) is 0 Å². The summed E-state index contributed by atoms with van der Waals surface area (Å²) in [6.07, 6.45) is 0. The van der Waals surface area contributed by atoms with Crippen LogP contribution in [-0.4, -0.2) is 39.2 Å². The number of aromatic hydroxyl groups is 1. The zero-order valence-electron chi connectivity index (χ0n) is 19.8. The molecule has 1 aliphatic heterocycles. The summed E-state index contributed by atoms with van der Waals surface area (Å²) < 4.78 is 8.43. The van der Waals surface area contributed by atoms with Crippen molar-refractivity contribution in [1.82, 2.24) is 14.5 Å². The number of carbonyl (C=O) groups excluding carboxylic acids is 2. The standard InChI is InChI=1S/C25H28N4O4S2/c1-4-28(5-2)35-25-22(30)19(15-34-25)27-21-20(26-13-18-12-11-16(3)33-18)23(31)29(24(21)32)14-17-9-7-6-8-10-17/h6-12,15,26-27,30H,4-5,13-14H2,1-3H3. The van der Waals surface area contributed by atoms with E-state index in [9.17, 15) is 14.7 Å². The second kappa shape index (κ2) is 11.0. The molecule has 184 valence electrons. The Morgan fingerprint density at radius 1 is 1.06 bits per heavy atom. The van der Waals surface area contributed by atoms with Crippen molar-refractivity contribution in [3.05, 3.63) is 76.3 Å². The van der Waals surface area contributed by atoms with Crippen LogP contribution in [0.5, 0.6) is 5.75 Å². The van der Waals surface area contributed by atoms with E-state index in [-0.39, 0.29) is 30.2 Å². The highest BCUT2D eigenvalue weighted by Crippen LogP contribution is 2.43. The van der Waals surface area contributed by atoms with E-state index in [2.05, 4.69) is 14.9 Å². The van der Waals surface area contributed by atoms with Gasteiger partial charge >= 0.3 is 0 Å². The number of carbonyl (C=O) groups is 2. The molecule has 2 amide bonds. The molecule has 3 aromatic rings. The molecule has 4 rings (SSSR count). The van der Waals surface area contributed by atoms with Gasteiger partial charge < -0.3 is 20.2 Å². The third-order valence-electron chi connectivity index (χ3n) is 5.50. The molecular weight excluding hydrogens is 484 g/mol. The summed E-state index contributed by atoms with van der Waals surface area (Å²) in [5.41, 5.74) is 1.47. The van der Waals surface area contributed by atoms with Gasteiger partial charge in [0.1, 0.15) is 27.1 Å². The fourth-order valence-corrected chi connectivity index (χ4v) is 5.55. The van der Waals surface area contributed by atoms with Crippen LogP contribution in [0.2, 0.25) is 0 Å². The summed E-state index contributed by atoms with van der Waals surface area (Å²) in [4.78, 5) is 27.9. The van der Waals surface area contributed by atoms with Crippen LogP contribution in [-0.2, 0) is 22.7 Å². The van der Waals surface area contributed by atoms with Crippen molar-refractivity contribution in [2.75, 3.05) is 18.4 Å². The first-order valence-corrected chi connectivity index (χ1v) is 13.0. The van der Waals surface area contributed by atoms with Crippen molar-refractivity contribution in [3.63, 3.8) is 0 Å². The Balaban J connectivity index is 1.60. The molecule has 2 aromatic heterocycles. The maximum Gasteiger partial charge on any atom is 0.279 e. The van der Waals surface area contributed by atoms with E-state index in [1.165, 1.54) is 28.2 Å². The molecule has 0 bridgehead atoms. The first kappa shape index (κ1) is 24.9. The molecule has 0 saturated carbocycles. The summed E-state index contributed by atoms with van der Waals surface area (Å²) in [7, 11) is 0. The van der Waals surface area contributed by atoms with E-state index in [1.807, 2.05) is 63.2 Å². The predicted octanol–water partition coefficient (Wildman–Crippen LogP) is 4.69. The minimum atomic E-state index is -0.458. The zero-order valence-corrected chi connectivity index (χ0v) is 21.5. The summed E-state index contributed by atoms with van der Waals surface area (Å²) in [6, 6.07) is 13.0. The number of hydrogen-bond acceptors (Lipinski definition) is 9. The highest BCUT2D eigenvalue weighted by Gasteiger charge is 2.39. The number of anilines is 1. The van der Waals surface area contributed by atoms with Crippen LogP contribution in [0, 0.1) is 6.92 Å². The first-order chi connectivity index (χ1) is 16.9. The van der Waals surface area contributed by atoms with E-state index in [0.29, 0.717) is 11.4 Å². The van der Waals surface area contributed by atoms with Crippen LogP contribution in [0.1, 0.15) is 30.9 Å². The topological polar surface area (TPSA) is 98.0 Å². The summed E-state index contributed by atoms with van der Waals surface area (Å²) in [5, 5.41) is 18.7. The van der Waals surface area contributed by atoms with Gasteiger partial charge in [0.05, 0.1) is 18.8 Å². The highest BCUT2D eigenvalue weighted by atomic mass is 32.2. The summed E-state index contributed by atoms with van der Waals surface area (Å²) >= 11 is 2.84. The predicted molar refractivity (Wildman–Crippen MR) is 138 cm³/mol. The average Bonchev–Trinajstić information content (AvgIpc) is 3.50. The zero-order chi connectivity index (χ0) is 24.9. The largest absolute Gasteiger partial charge is 0.504 e. The van der Waals surface area contributed by atoms with Crippen LogP contribution in [0.4, 0.5) is 5.69 Å². The van der Waals surface area contributed by atoms with Crippen LogP contribution >= 0.6 is 23.3 Å². The van der Waals surface area contributed by atoms with Gasteiger partial charge in [-0.3, -0.25) is 14.5 Å². The number of aryl methyl sites for hydroxylation is 1. The molecule has 10 heteroatoms. The lowest BCUT2D eigenvalue weighted by Gasteiger charge is -2.16. The molecule has 8 nitrogen and oxygen atoms in total. The van der Waals surface area contributed by atoms with Gasteiger partial charge in [-0.15, -0.1) is 11.3 Å². The van der Waals surface area contributed by atoms with Crippen LogP contribution < -0.4 is 10.6 Å². The van der Waals surface area contributed by atoms with Crippen molar-refractivity contribution < 1.29 is 19.1 Å². The molecule has 3 N–H and O–H groups in total. The molecule has 0 atom stereocenters. The van der Waals surface area contributed by atoms with Crippen molar-refractivity contribution in [1.29, 1.82) is 0 Å². The Kier molecular flexibility index (Phi) is 7.84. The van der Waals surface area contributed by atoms with Gasteiger partial charge in [0, 0.05) is 18.5 Å². The maximum absolute atomic E-state index is 13.4. The fourth-order valence-electron chi connectivity index (χ4n) is 3.61. The quantitative estimate of drug-likeness (QED) is 0.252. The molecule has 1 aromatic carbocycles. The number of rotatable bonds is 11. The highest BCUT2D eigenvalue weighted by molar-refractivity contribution is 7.99. The number of nitrogens with one attached hydrogen (secondary N) is 2. The molecular formula is C25H28N4O4S2. The second-order valence-electron chi connectivity index (χ2n) is 7.91. The first-order valence-electron chi connectivity index (χ1n) is 11.3. The number of thiophene rings is 1. The van der Waals surface area contributed by atoms with Crippen molar-refractivity contribution >= 4 is 40.8 Å². The normalized spacial score (nSPS) is 13.9. The van der Waals surface area contributed by atoms with Crippen molar-refractivity contribution in [3.8, 4) is 5.75 Å². The molecule has 3 heterocycles. The Morgan fingerprint density at radius 3 is 2.43 bits per heavy atom. The third kappa shape index (κ3) is 5.55. The number of furan rings is 1. The molecule has 1 aliphatic rings. The average molecular weight is 513 g/mol. The van der Waals surface area contributed by atoms with E-state index in [4.69, 9.17) is 4.42 Å².